The second kappa shape index (κ2) is 11.1. The number of hydrogen-bond donors (Lipinski definition) is 1. The molecule has 0 spiro atoms. The molecule has 0 saturated carbocycles. The third kappa shape index (κ3) is 6.32. The molecule has 0 fully saturated rings. The number of carbonyl (C=O) groups is 1. The molecule has 0 heterocycles. The fourth-order valence-corrected chi connectivity index (χ4v) is 5.19. The van der Waals surface area contributed by atoms with Crippen LogP contribution in [0.4, 0.5) is 0 Å². The summed E-state index contributed by atoms with van der Waals surface area (Å²) < 4.78 is 10.9. The van der Waals surface area contributed by atoms with Gasteiger partial charge >= 0.3 is 5.97 Å². The number of rotatable bonds is 9. The van der Waals surface area contributed by atoms with E-state index in [4.69, 9.17) is 9.47 Å². The number of aryl methyl sites for hydroxylation is 2. The van der Waals surface area contributed by atoms with Gasteiger partial charge in [0, 0.05) is 12.3 Å². The van der Waals surface area contributed by atoms with Crippen molar-refractivity contribution < 1.29 is 19.4 Å². The van der Waals surface area contributed by atoms with E-state index >= 15 is 0 Å². The number of fused-ring (bicyclic) bond motifs is 1. The van der Waals surface area contributed by atoms with Gasteiger partial charge in [0.1, 0.15) is 5.75 Å². The second-order valence-electron chi connectivity index (χ2n) is 9.88. The summed E-state index contributed by atoms with van der Waals surface area (Å²) in [7, 11) is 0. The first-order valence-corrected chi connectivity index (χ1v) is 12.6. The molecule has 3 atom stereocenters. The Morgan fingerprint density at radius 2 is 1.77 bits per heavy atom. The highest BCUT2D eigenvalue weighted by atomic mass is 16.5. The molecule has 1 aliphatic carbocycles. The summed E-state index contributed by atoms with van der Waals surface area (Å²) in [6, 6.07) is 26.1. The van der Waals surface area contributed by atoms with Gasteiger partial charge in [0.15, 0.2) is 0 Å². The third-order valence-corrected chi connectivity index (χ3v) is 6.97. The SMILES string of the molecule is CCOC(=O)CC(C)(O)CCOc1ccc([C@@H]2c3ccc(C)cc3CC[C@@H]2c2ccccc2)cc1. The van der Waals surface area contributed by atoms with Crippen molar-refractivity contribution in [2.24, 2.45) is 0 Å². The summed E-state index contributed by atoms with van der Waals surface area (Å²) in [5.74, 6) is 1.09. The first-order chi connectivity index (χ1) is 16.9. The molecule has 0 amide bonds. The van der Waals surface area contributed by atoms with Crippen molar-refractivity contribution in [2.45, 2.75) is 63.9 Å². The lowest BCUT2D eigenvalue weighted by molar-refractivity contribution is -0.148. The Morgan fingerprint density at radius 1 is 1.03 bits per heavy atom. The molecule has 35 heavy (non-hydrogen) atoms. The summed E-state index contributed by atoms with van der Waals surface area (Å²) in [5, 5.41) is 10.5. The normalized spacial score (nSPS) is 18.9. The van der Waals surface area contributed by atoms with Crippen LogP contribution in [-0.2, 0) is 16.0 Å². The van der Waals surface area contributed by atoms with Gasteiger partial charge in [0.05, 0.1) is 25.2 Å². The maximum absolute atomic E-state index is 11.7. The lowest BCUT2D eigenvalue weighted by atomic mass is 9.69. The molecule has 1 unspecified atom stereocenters. The van der Waals surface area contributed by atoms with E-state index in [1.54, 1.807) is 13.8 Å². The van der Waals surface area contributed by atoms with Gasteiger partial charge in [0.2, 0.25) is 0 Å². The zero-order chi connectivity index (χ0) is 24.8. The molecule has 0 bridgehead atoms. The summed E-state index contributed by atoms with van der Waals surface area (Å²) in [6.45, 7) is 6.20. The third-order valence-electron chi connectivity index (χ3n) is 6.97. The fourth-order valence-electron chi connectivity index (χ4n) is 5.19. The highest BCUT2D eigenvalue weighted by molar-refractivity contribution is 5.70. The molecular formula is C31H36O4. The molecule has 4 rings (SSSR count). The van der Waals surface area contributed by atoms with Gasteiger partial charge in [-0.3, -0.25) is 4.79 Å². The maximum Gasteiger partial charge on any atom is 0.308 e. The molecule has 3 aromatic rings. The molecule has 4 heteroatoms. The van der Waals surface area contributed by atoms with Crippen molar-refractivity contribution in [1.29, 1.82) is 0 Å². The molecule has 1 aliphatic rings. The van der Waals surface area contributed by atoms with Gasteiger partial charge < -0.3 is 14.6 Å². The molecule has 0 aliphatic heterocycles. The van der Waals surface area contributed by atoms with E-state index in [1.807, 2.05) is 12.1 Å². The Bertz CT molecular complexity index is 1120. The van der Waals surface area contributed by atoms with Gasteiger partial charge in [-0.05, 0) is 73.9 Å². The van der Waals surface area contributed by atoms with E-state index in [0.29, 0.717) is 31.5 Å². The van der Waals surface area contributed by atoms with Crippen LogP contribution in [-0.4, -0.2) is 29.9 Å². The Balaban J connectivity index is 1.49. The number of hydrogen-bond acceptors (Lipinski definition) is 4. The molecule has 4 nitrogen and oxygen atoms in total. The van der Waals surface area contributed by atoms with Crippen LogP contribution >= 0.6 is 0 Å². The number of benzene rings is 3. The van der Waals surface area contributed by atoms with Crippen molar-refractivity contribution in [3.63, 3.8) is 0 Å². The van der Waals surface area contributed by atoms with Crippen molar-refractivity contribution in [3.05, 3.63) is 101 Å². The molecule has 184 valence electrons. The van der Waals surface area contributed by atoms with E-state index in [9.17, 15) is 9.90 Å². The maximum atomic E-state index is 11.7. The fraction of sp³-hybridized carbons (Fsp3) is 0.387. The highest BCUT2D eigenvalue weighted by Gasteiger charge is 2.32. The lowest BCUT2D eigenvalue weighted by Gasteiger charge is -2.35. The van der Waals surface area contributed by atoms with Crippen LogP contribution in [0.25, 0.3) is 0 Å². The Labute approximate surface area is 208 Å². The summed E-state index contributed by atoms with van der Waals surface area (Å²) in [6.07, 6.45) is 2.53. The Morgan fingerprint density at radius 3 is 2.49 bits per heavy atom. The molecular weight excluding hydrogens is 436 g/mol. The van der Waals surface area contributed by atoms with E-state index < -0.39 is 11.6 Å². The molecule has 0 aromatic heterocycles. The van der Waals surface area contributed by atoms with Gasteiger partial charge in [-0.25, -0.2) is 0 Å². The first-order valence-electron chi connectivity index (χ1n) is 12.6. The minimum absolute atomic E-state index is 0.0371. The minimum Gasteiger partial charge on any atom is -0.493 e. The van der Waals surface area contributed by atoms with E-state index in [-0.39, 0.29) is 6.42 Å². The summed E-state index contributed by atoms with van der Waals surface area (Å²) in [4.78, 5) is 11.7. The molecule has 3 aromatic carbocycles. The summed E-state index contributed by atoms with van der Waals surface area (Å²) >= 11 is 0. The molecule has 1 N–H and O–H groups in total. The van der Waals surface area contributed by atoms with Gasteiger partial charge in [-0.15, -0.1) is 0 Å². The van der Waals surface area contributed by atoms with Crippen LogP contribution in [0.1, 0.15) is 72.8 Å². The average Bonchev–Trinajstić information content (AvgIpc) is 2.84. The number of esters is 1. The quantitative estimate of drug-likeness (QED) is 0.370. The van der Waals surface area contributed by atoms with Crippen LogP contribution in [0.2, 0.25) is 0 Å². The predicted octanol–water partition coefficient (Wildman–Crippen LogP) is 6.33. The van der Waals surface area contributed by atoms with E-state index in [0.717, 1.165) is 18.6 Å². The van der Waals surface area contributed by atoms with Crippen LogP contribution < -0.4 is 4.74 Å². The highest BCUT2D eigenvalue weighted by Crippen LogP contribution is 2.46. The van der Waals surface area contributed by atoms with Crippen LogP contribution in [0.5, 0.6) is 5.75 Å². The minimum atomic E-state index is -1.15. The lowest BCUT2D eigenvalue weighted by Crippen LogP contribution is -2.30. The van der Waals surface area contributed by atoms with E-state index in [1.165, 1.54) is 27.8 Å². The second-order valence-corrected chi connectivity index (χ2v) is 9.88. The zero-order valence-corrected chi connectivity index (χ0v) is 21.0. The van der Waals surface area contributed by atoms with Crippen molar-refractivity contribution in [1.82, 2.24) is 0 Å². The largest absolute Gasteiger partial charge is 0.493 e. The van der Waals surface area contributed by atoms with Crippen LogP contribution in [0, 0.1) is 6.92 Å². The van der Waals surface area contributed by atoms with Gasteiger partial charge in [-0.2, -0.15) is 0 Å². The molecule has 0 radical (unpaired) electrons. The Kier molecular flexibility index (Phi) is 7.92. The van der Waals surface area contributed by atoms with Crippen molar-refractivity contribution >= 4 is 5.97 Å². The van der Waals surface area contributed by atoms with E-state index in [2.05, 4.69) is 67.6 Å². The Hall–Kier alpha value is -3.11. The molecule has 0 saturated heterocycles. The topological polar surface area (TPSA) is 55.8 Å². The number of aliphatic hydroxyl groups is 1. The first kappa shape index (κ1) is 25.0. The zero-order valence-electron chi connectivity index (χ0n) is 21.0. The summed E-state index contributed by atoms with van der Waals surface area (Å²) in [5.41, 5.74) is 5.69. The van der Waals surface area contributed by atoms with Crippen LogP contribution in [0.3, 0.4) is 0 Å². The average molecular weight is 473 g/mol. The van der Waals surface area contributed by atoms with Gasteiger partial charge in [-0.1, -0.05) is 66.2 Å². The predicted molar refractivity (Wildman–Crippen MR) is 139 cm³/mol. The monoisotopic (exact) mass is 472 g/mol. The smallest absolute Gasteiger partial charge is 0.308 e. The van der Waals surface area contributed by atoms with Gasteiger partial charge in [0.25, 0.3) is 0 Å². The van der Waals surface area contributed by atoms with Crippen LogP contribution in [0.15, 0.2) is 72.8 Å². The number of ether oxygens (including phenoxy) is 2. The number of carbonyl (C=O) groups excluding carboxylic acids is 1. The standard InChI is InChI=1S/C31H36O4/c1-4-34-29(32)21-31(3,33)18-19-35-26-14-11-24(12-15-26)30-27(23-8-6-5-7-9-23)17-13-25-20-22(2)10-16-28(25)30/h5-12,14-16,20,27,30,33H,4,13,17-19,21H2,1-3H3/t27-,30+,31?/m1/s1. The van der Waals surface area contributed by atoms with Crippen molar-refractivity contribution in [3.8, 4) is 5.75 Å². The van der Waals surface area contributed by atoms with Crippen molar-refractivity contribution in [2.75, 3.05) is 13.2 Å².